The van der Waals surface area contributed by atoms with Gasteiger partial charge in [0.25, 0.3) is 0 Å². The second-order valence-electron chi connectivity index (χ2n) is 7.62. The molecule has 4 N–H and O–H groups in total. The van der Waals surface area contributed by atoms with Crippen LogP contribution in [0.15, 0.2) is 66.7 Å². The minimum absolute atomic E-state index is 0.178. The first kappa shape index (κ1) is 21.7. The van der Waals surface area contributed by atoms with E-state index in [1.54, 1.807) is 30.3 Å². The van der Waals surface area contributed by atoms with E-state index in [0.717, 1.165) is 24.0 Å². The van der Waals surface area contributed by atoms with Gasteiger partial charge in [0, 0.05) is 24.2 Å². The third-order valence-electron chi connectivity index (χ3n) is 5.26. The molecule has 0 aromatic heterocycles. The van der Waals surface area contributed by atoms with Crippen molar-refractivity contribution in [3.8, 4) is 16.9 Å². The van der Waals surface area contributed by atoms with Crippen LogP contribution in [0.3, 0.4) is 0 Å². The Labute approximate surface area is 182 Å². The number of fused-ring (bicyclic) bond motifs is 1. The van der Waals surface area contributed by atoms with Gasteiger partial charge in [-0.15, -0.1) is 13.2 Å². The number of nitrogens with one attached hydrogen (secondary N) is 2. The summed E-state index contributed by atoms with van der Waals surface area (Å²) in [6, 6.07) is 17.8. The van der Waals surface area contributed by atoms with Gasteiger partial charge in [0.15, 0.2) is 6.10 Å². The lowest BCUT2D eigenvalue weighted by atomic mass is 9.88. The third-order valence-corrected chi connectivity index (χ3v) is 5.26. The van der Waals surface area contributed by atoms with E-state index in [1.165, 1.54) is 18.2 Å². The second-order valence-corrected chi connectivity index (χ2v) is 7.62. The lowest BCUT2D eigenvalue weighted by Gasteiger charge is -2.21. The number of benzene rings is 3. The van der Waals surface area contributed by atoms with Crippen molar-refractivity contribution < 1.29 is 27.8 Å². The van der Waals surface area contributed by atoms with Crippen LogP contribution in [0.25, 0.3) is 11.1 Å². The molecule has 0 heterocycles. The predicted octanol–water partition coefficient (Wildman–Crippen LogP) is 5.48. The van der Waals surface area contributed by atoms with Gasteiger partial charge in [-0.1, -0.05) is 36.4 Å². The Balaban J connectivity index is 1.48. The van der Waals surface area contributed by atoms with Crippen molar-refractivity contribution in [3.05, 3.63) is 77.9 Å². The molecule has 1 aliphatic rings. The van der Waals surface area contributed by atoms with E-state index in [9.17, 15) is 18.0 Å². The lowest BCUT2D eigenvalue weighted by molar-refractivity contribution is -0.274. The van der Waals surface area contributed by atoms with E-state index < -0.39 is 12.4 Å². The molecular weight excluding hydrogens is 421 g/mol. The van der Waals surface area contributed by atoms with Gasteiger partial charge < -0.3 is 20.5 Å². The van der Waals surface area contributed by atoms with Crippen molar-refractivity contribution in [1.82, 2.24) is 0 Å². The largest absolute Gasteiger partial charge is 0.573 e. The van der Waals surface area contributed by atoms with E-state index in [-0.39, 0.29) is 11.9 Å². The standard InChI is InChI=1S/C24H21F3N2O3/c25-24(26,27)32-20-8-2-6-17(13-20)16-5-1-7-18(12-16)28-23(31)29-22-9-3-4-15-10-11-19(30)14-21(15)22/h1-9,12-13,19,30H,10-11,14H2,(H2,28,29,31)/p+1. The van der Waals surface area contributed by atoms with Gasteiger partial charge in [-0.3, -0.25) is 0 Å². The van der Waals surface area contributed by atoms with Gasteiger partial charge in [0.1, 0.15) is 5.75 Å². The Morgan fingerprint density at radius 2 is 1.69 bits per heavy atom. The van der Waals surface area contributed by atoms with E-state index in [4.69, 9.17) is 5.11 Å². The summed E-state index contributed by atoms with van der Waals surface area (Å²) in [5.41, 5.74) is 4.47. The molecule has 0 aliphatic heterocycles. The number of carbonyl (C=O) groups is 1. The van der Waals surface area contributed by atoms with Gasteiger partial charge in [-0.05, 0) is 59.0 Å². The zero-order valence-electron chi connectivity index (χ0n) is 17.0. The number of aryl methyl sites for hydroxylation is 1. The fourth-order valence-corrected chi connectivity index (χ4v) is 3.84. The molecular formula is C24H22F3N2O3+. The molecule has 0 spiro atoms. The number of hydrogen-bond acceptors (Lipinski definition) is 2. The summed E-state index contributed by atoms with van der Waals surface area (Å²) in [5.74, 6) is -0.312. The Morgan fingerprint density at radius 1 is 0.969 bits per heavy atom. The third kappa shape index (κ3) is 5.39. The van der Waals surface area contributed by atoms with Crippen molar-refractivity contribution in [1.29, 1.82) is 0 Å². The number of alkyl halides is 3. The van der Waals surface area contributed by atoms with Crippen LogP contribution in [-0.2, 0) is 12.8 Å². The first-order chi connectivity index (χ1) is 15.3. The highest BCUT2D eigenvalue weighted by atomic mass is 19.4. The molecule has 1 unspecified atom stereocenters. The minimum atomic E-state index is -4.77. The quantitative estimate of drug-likeness (QED) is 0.524. The van der Waals surface area contributed by atoms with E-state index >= 15 is 0 Å². The molecule has 0 bridgehead atoms. The van der Waals surface area contributed by atoms with Crippen LogP contribution in [0, 0.1) is 0 Å². The first-order valence-corrected chi connectivity index (χ1v) is 10.1. The zero-order valence-corrected chi connectivity index (χ0v) is 17.0. The van der Waals surface area contributed by atoms with Crippen molar-refractivity contribution in [2.75, 3.05) is 10.6 Å². The normalized spacial score (nSPS) is 15.6. The Kier molecular flexibility index (Phi) is 6.05. The van der Waals surface area contributed by atoms with Crippen LogP contribution in [0.2, 0.25) is 0 Å². The number of urea groups is 1. The molecule has 8 heteroatoms. The van der Waals surface area contributed by atoms with Crippen LogP contribution in [0.5, 0.6) is 5.75 Å². The molecule has 3 aromatic carbocycles. The summed E-state index contributed by atoms with van der Waals surface area (Å²) in [6.45, 7) is 0. The van der Waals surface area contributed by atoms with Crippen LogP contribution >= 0.6 is 0 Å². The fourth-order valence-electron chi connectivity index (χ4n) is 3.84. The van der Waals surface area contributed by atoms with Crippen LogP contribution < -0.4 is 15.4 Å². The Bertz CT molecular complexity index is 1130. The van der Waals surface area contributed by atoms with Crippen molar-refractivity contribution in [2.24, 2.45) is 0 Å². The number of ether oxygens (including phenoxy) is 1. The Hall–Kier alpha value is -3.52. The first-order valence-electron chi connectivity index (χ1n) is 10.1. The van der Waals surface area contributed by atoms with Crippen molar-refractivity contribution in [3.63, 3.8) is 0 Å². The average Bonchev–Trinajstić information content (AvgIpc) is 2.73. The maximum atomic E-state index is 12.6. The molecule has 4 rings (SSSR count). The van der Waals surface area contributed by atoms with Gasteiger partial charge in [-0.2, -0.15) is 0 Å². The molecule has 0 fully saturated rings. The summed E-state index contributed by atoms with van der Waals surface area (Å²) in [6.07, 6.45) is -2.72. The summed E-state index contributed by atoms with van der Waals surface area (Å²) < 4.78 is 41.5. The highest BCUT2D eigenvalue weighted by molar-refractivity contribution is 6.00. The van der Waals surface area contributed by atoms with E-state index in [1.807, 2.05) is 18.2 Å². The van der Waals surface area contributed by atoms with Crippen molar-refractivity contribution in [2.45, 2.75) is 31.7 Å². The van der Waals surface area contributed by atoms with Crippen LogP contribution in [-0.4, -0.2) is 23.6 Å². The van der Waals surface area contributed by atoms with E-state index in [2.05, 4.69) is 15.4 Å². The summed E-state index contributed by atoms with van der Waals surface area (Å²) in [5, 5.41) is 13.6. The van der Waals surface area contributed by atoms with Crippen molar-refractivity contribution >= 4 is 17.4 Å². The van der Waals surface area contributed by atoms with Crippen LogP contribution in [0.4, 0.5) is 29.3 Å². The smallest absolute Gasteiger partial charge is 0.443 e. The van der Waals surface area contributed by atoms with Gasteiger partial charge >= 0.3 is 12.4 Å². The van der Waals surface area contributed by atoms with Gasteiger partial charge in [0.05, 0.1) is 0 Å². The Morgan fingerprint density at radius 3 is 2.47 bits per heavy atom. The summed E-state index contributed by atoms with van der Waals surface area (Å²) >= 11 is 0. The molecule has 166 valence electrons. The maximum Gasteiger partial charge on any atom is 0.573 e. The molecule has 0 radical (unpaired) electrons. The topological polar surface area (TPSA) is 73.3 Å². The molecule has 0 saturated heterocycles. The van der Waals surface area contributed by atoms with Gasteiger partial charge in [-0.25, -0.2) is 4.79 Å². The number of anilines is 2. The fraction of sp³-hybridized carbons (Fsp3) is 0.208. The average molecular weight is 443 g/mol. The molecule has 1 aliphatic carbocycles. The number of carbonyl (C=O) groups excluding carboxylic acids is 1. The highest BCUT2D eigenvalue weighted by Gasteiger charge is 2.31. The number of rotatable bonds is 4. The molecule has 2 amide bonds. The molecule has 32 heavy (non-hydrogen) atoms. The zero-order chi connectivity index (χ0) is 22.7. The maximum absolute atomic E-state index is 12.6. The van der Waals surface area contributed by atoms with E-state index in [0.29, 0.717) is 28.9 Å². The van der Waals surface area contributed by atoms with Crippen LogP contribution in [0.1, 0.15) is 17.5 Å². The predicted molar refractivity (Wildman–Crippen MR) is 117 cm³/mol. The SMILES string of the molecule is O=C(Nc1cccc(-c2cccc(OC(F)(F)F)c2)c1)Nc1cccc2c1CC([OH2+])CC2. The number of hydrogen-bond donors (Lipinski definition) is 2. The molecule has 0 saturated carbocycles. The summed E-state index contributed by atoms with van der Waals surface area (Å²) in [7, 11) is 0. The lowest BCUT2D eigenvalue weighted by Crippen LogP contribution is -2.24. The van der Waals surface area contributed by atoms with Gasteiger partial charge in [0.2, 0.25) is 0 Å². The molecule has 5 nitrogen and oxygen atoms in total. The number of amides is 2. The monoisotopic (exact) mass is 443 g/mol. The summed E-state index contributed by atoms with van der Waals surface area (Å²) in [4.78, 5) is 12.6. The molecule has 3 aromatic rings. The number of halogens is 3. The second kappa shape index (κ2) is 8.92. The molecule has 1 atom stereocenters. The minimum Gasteiger partial charge on any atom is -0.443 e. The highest BCUT2D eigenvalue weighted by Crippen LogP contribution is 2.30.